The molecule has 124 valence electrons. The van der Waals surface area contributed by atoms with Gasteiger partial charge in [0.2, 0.25) is 11.8 Å². The van der Waals surface area contributed by atoms with Gasteiger partial charge in [-0.05, 0) is 30.4 Å². The standard InChI is InChI=1S/C16H18F3N3O/c1-10-21-22-15(23-10)9-20-14-8-4-6-12(14)11-5-2-3-7-13(11)16(17,18)19/h2-3,5,7,12,14,20H,4,6,8-9H2,1H3/t12-,14-/m1/s1. The van der Waals surface area contributed by atoms with E-state index in [1.54, 1.807) is 19.1 Å². The molecule has 0 saturated heterocycles. The lowest BCUT2D eigenvalue weighted by molar-refractivity contribution is -0.138. The highest BCUT2D eigenvalue weighted by Crippen LogP contribution is 2.41. The van der Waals surface area contributed by atoms with E-state index >= 15 is 0 Å². The van der Waals surface area contributed by atoms with Crippen LogP contribution in [0, 0.1) is 6.92 Å². The van der Waals surface area contributed by atoms with Crippen molar-refractivity contribution in [3.05, 3.63) is 47.2 Å². The third kappa shape index (κ3) is 3.55. The molecule has 1 aliphatic carbocycles. The molecule has 1 saturated carbocycles. The first-order valence-electron chi connectivity index (χ1n) is 7.63. The summed E-state index contributed by atoms with van der Waals surface area (Å²) in [6.45, 7) is 2.07. The molecule has 0 aliphatic heterocycles. The minimum Gasteiger partial charge on any atom is -0.424 e. The molecule has 1 fully saturated rings. The van der Waals surface area contributed by atoms with Gasteiger partial charge in [0.1, 0.15) is 0 Å². The average Bonchev–Trinajstić information content (AvgIpc) is 3.13. The molecule has 1 aromatic carbocycles. The highest BCUT2D eigenvalue weighted by Gasteiger charge is 2.38. The third-order valence-corrected chi connectivity index (χ3v) is 4.26. The first-order chi connectivity index (χ1) is 10.9. The Kier molecular flexibility index (Phi) is 4.39. The second kappa shape index (κ2) is 6.31. The van der Waals surface area contributed by atoms with Gasteiger partial charge >= 0.3 is 6.18 Å². The molecule has 2 aromatic rings. The van der Waals surface area contributed by atoms with Gasteiger partial charge < -0.3 is 9.73 Å². The number of aryl methyl sites for hydroxylation is 1. The Balaban J connectivity index is 1.77. The predicted octanol–water partition coefficient (Wildman–Crippen LogP) is 3.82. The SMILES string of the molecule is Cc1nnc(CN[C@@H]2CCC[C@@H]2c2ccccc2C(F)(F)F)o1. The Morgan fingerprint density at radius 1 is 1.22 bits per heavy atom. The van der Waals surface area contributed by atoms with Gasteiger partial charge in [-0.15, -0.1) is 10.2 Å². The van der Waals surface area contributed by atoms with E-state index in [-0.39, 0.29) is 12.0 Å². The number of hydrogen-bond acceptors (Lipinski definition) is 4. The van der Waals surface area contributed by atoms with Crippen molar-refractivity contribution in [2.45, 2.75) is 50.9 Å². The summed E-state index contributed by atoms with van der Waals surface area (Å²) in [4.78, 5) is 0. The van der Waals surface area contributed by atoms with Crippen molar-refractivity contribution in [3.63, 3.8) is 0 Å². The number of nitrogens with zero attached hydrogens (tertiary/aromatic N) is 2. The van der Waals surface area contributed by atoms with Crippen LogP contribution < -0.4 is 5.32 Å². The Labute approximate surface area is 132 Å². The predicted molar refractivity (Wildman–Crippen MR) is 77.7 cm³/mol. The maximum atomic E-state index is 13.2. The van der Waals surface area contributed by atoms with Crippen LogP contribution in [0.25, 0.3) is 0 Å². The lowest BCUT2D eigenvalue weighted by Crippen LogP contribution is -2.31. The van der Waals surface area contributed by atoms with Crippen molar-refractivity contribution in [1.29, 1.82) is 0 Å². The number of nitrogens with one attached hydrogen (secondary N) is 1. The molecule has 7 heteroatoms. The molecular formula is C16H18F3N3O. The van der Waals surface area contributed by atoms with Crippen LogP contribution in [0.15, 0.2) is 28.7 Å². The van der Waals surface area contributed by atoms with Crippen LogP contribution in [-0.4, -0.2) is 16.2 Å². The van der Waals surface area contributed by atoms with E-state index in [2.05, 4.69) is 15.5 Å². The number of aromatic nitrogens is 2. The molecule has 0 unspecified atom stereocenters. The maximum Gasteiger partial charge on any atom is 0.416 e. The fraction of sp³-hybridized carbons (Fsp3) is 0.500. The van der Waals surface area contributed by atoms with Crippen molar-refractivity contribution >= 4 is 0 Å². The first-order valence-corrected chi connectivity index (χ1v) is 7.63. The van der Waals surface area contributed by atoms with Gasteiger partial charge in [-0.1, -0.05) is 24.6 Å². The van der Waals surface area contributed by atoms with E-state index in [1.807, 2.05) is 0 Å². The fourth-order valence-electron chi connectivity index (χ4n) is 3.28. The summed E-state index contributed by atoms with van der Waals surface area (Å²) >= 11 is 0. The molecule has 0 radical (unpaired) electrons. The van der Waals surface area contributed by atoms with Gasteiger partial charge in [-0.3, -0.25) is 0 Å². The minimum atomic E-state index is -4.33. The highest BCUT2D eigenvalue weighted by atomic mass is 19.4. The van der Waals surface area contributed by atoms with Gasteiger partial charge in [0.15, 0.2) is 0 Å². The summed E-state index contributed by atoms with van der Waals surface area (Å²) in [6, 6.07) is 5.83. The van der Waals surface area contributed by atoms with Gasteiger partial charge in [0.25, 0.3) is 0 Å². The van der Waals surface area contributed by atoms with Crippen molar-refractivity contribution in [3.8, 4) is 0 Å². The molecule has 0 amide bonds. The number of benzene rings is 1. The highest BCUT2D eigenvalue weighted by molar-refractivity contribution is 5.34. The first kappa shape index (κ1) is 16.0. The van der Waals surface area contributed by atoms with Gasteiger partial charge in [-0.2, -0.15) is 13.2 Å². The van der Waals surface area contributed by atoms with Crippen LogP contribution in [-0.2, 0) is 12.7 Å². The van der Waals surface area contributed by atoms with E-state index in [1.165, 1.54) is 6.07 Å². The monoisotopic (exact) mass is 325 g/mol. The molecule has 1 aliphatic rings. The van der Waals surface area contributed by atoms with E-state index in [0.29, 0.717) is 23.9 Å². The fourth-order valence-corrected chi connectivity index (χ4v) is 3.28. The van der Waals surface area contributed by atoms with Gasteiger partial charge in [0.05, 0.1) is 12.1 Å². The zero-order valence-electron chi connectivity index (χ0n) is 12.7. The molecule has 1 heterocycles. The maximum absolute atomic E-state index is 13.2. The minimum absolute atomic E-state index is 0.0225. The van der Waals surface area contributed by atoms with Crippen LogP contribution in [0.1, 0.15) is 48.1 Å². The second-order valence-electron chi connectivity index (χ2n) is 5.82. The molecule has 4 nitrogen and oxygen atoms in total. The topological polar surface area (TPSA) is 51.0 Å². The second-order valence-corrected chi connectivity index (χ2v) is 5.82. The molecule has 0 spiro atoms. The molecule has 23 heavy (non-hydrogen) atoms. The van der Waals surface area contributed by atoms with Crippen molar-refractivity contribution < 1.29 is 17.6 Å². The Bertz CT molecular complexity index is 669. The number of halogens is 3. The summed E-state index contributed by atoms with van der Waals surface area (Å²) in [5.74, 6) is 0.779. The van der Waals surface area contributed by atoms with Crippen molar-refractivity contribution in [2.75, 3.05) is 0 Å². The summed E-state index contributed by atoms with van der Waals surface area (Å²) in [5.41, 5.74) is -0.163. The molecule has 1 N–H and O–H groups in total. The number of rotatable bonds is 4. The van der Waals surface area contributed by atoms with E-state index in [0.717, 1.165) is 25.3 Å². The molecular weight excluding hydrogens is 307 g/mol. The smallest absolute Gasteiger partial charge is 0.416 e. The molecule has 2 atom stereocenters. The molecule has 3 rings (SSSR count). The van der Waals surface area contributed by atoms with E-state index < -0.39 is 11.7 Å². The van der Waals surface area contributed by atoms with Crippen molar-refractivity contribution in [2.24, 2.45) is 0 Å². The Morgan fingerprint density at radius 2 is 2.00 bits per heavy atom. The number of alkyl halides is 3. The van der Waals surface area contributed by atoms with Crippen molar-refractivity contribution in [1.82, 2.24) is 15.5 Å². The van der Waals surface area contributed by atoms with Gasteiger partial charge in [0, 0.05) is 13.0 Å². The lowest BCUT2D eigenvalue weighted by atomic mass is 9.90. The Hall–Kier alpha value is -1.89. The average molecular weight is 325 g/mol. The zero-order chi connectivity index (χ0) is 16.4. The third-order valence-electron chi connectivity index (χ3n) is 4.26. The largest absolute Gasteiger partial charge is 0.424 e. The van der Waals surface area contributed by atoms with Crippen LogP contribution in [0.5, 0.6) is 0 Å². The summed E-state index contributed by atoms with van der Waals surface area (Å²) in [7, 11) is 0. The lowest BCUT2D eigenvalue weighted by Gasteiger charge is -2.24. The van der Waals surface area contributed by atoms with E-state index in [9.17, 15) is 13.2 Å². The summed E-state index contributed by atoms with van der Waals surface area (Å²) in [6.07, 6.45) is -1.84. The summed E-state index contributed by atoms with van der Waals surface area (Å²) < 4.78 is 45.0. The Morgan fingerprint density at radius 3 is 2.70 bits per heavy atom. The van der Waals surface area contributed by atoms with Gasteiger partial charge in [-0.25, -0.2) is 0 Å². The van der Waals surface area contributed by atoms with E-state index in [4.69, 9.17) is 4.42 Å². The molecule has 0 bridgehead atoms. The zero-order valence-corrected chi connectivity index (χ0v) is 12.7. The van der Waals surface area contributed by atoms with Crippen LogP contribution in [0.2, 0.25) is 0 Å². The molecule has 1 aromatic heterocycles. The van der Waals surface area contributed by atoms with Crippen LogP contribution in [0.3, 0.4) is 0 Å². The van der Waals surface area contributed by atoms with Crippen LogP contribution >= 0.6 is 0 Å². The normalized spacial score (nSPS) is 21.7. The summed E-state index contributed by atoms with van der Waals surface area (Å²) in [5, 5.41) is 10.9. The number of hydrogen-bond donors (Lipinski definition) is 1. The quantitative estimate of drug-likeness (QED) is 0.928. The van der Waals surface area contributed by atoms with Crippen LogP contribution in [0.4, 0.5) is 13.2 Å².